The van der Waals surface area contributed by atoms with Crippen LogP contribution in [-0.2, 0) is 13.1 Å². The Bertz CT molecular complexity index is 604. The number of hydrogen-bond donors (Lipinski definition) is 0. The van der Waals surface area contributed by atoms with Crippen LogP contribution < -0.4 is 0 Å². The van der Waals surface area contributed by atoms with Crippen molar-refractivity contribution < 1.29 is 0 Å². The Morgan fingerprint density at radius 3 is 2.09 bits per heavy atom. The highest BCUT2D eigenvalue weighted by Crippen LogP contribution is 2.14. The van der Waals surface area contributed by atoms with Crippen molar-refractivity contribution in [1.82, 2.24) is 4.90 Å². The van der Waals surface area contributed by atoms with E-state index in [2.05, 4.69) is 36.1 Å². The topological polar surface area (TPSA) is 27.0 Å². The monoisotopic (exact) mass is 310 g/mol. The summed E-state index contributed by atoms with van der Waals surface area (Å²) >= 11 is 5.93. The Kier molecular flexibility index (Phi) is 6.21. The van der Waals surface area contributed by atoms with E-state index in [-0.39, 0.29) is 0 Å². The van der Waals surface area contributed by atoms with Crippen molar-refractivity contribution in [2.45, 2.75) is 20.0 Å². The SMILES string of the molecule is Cc1ccc(CN(C/C=C\C#N)Cc2ccc(Cl)cc2)cc1. The van der Waals surface area contributed by atoms with E-state index in [4.69, 9.17) is 16.9 Å². The van der Waals surface area contributed by atoms with E-state index in [0.29, 0.717) is 0 Å². The predicted octanol–water partition coefficient (Wildman–Crippen LogP) is 4.73. The molecule has 22 heavy (non-hydrogen) atoms. The van der Waals surface area contributed by atoms with Crippen molar-refractivity contribution in [3.05, 3.63) is 82.4 Å². The van der Waals surface area contributed by atoms with Crippen LogP contribution in [0.3, 0.4) is 0 Å². The van der Waals surface area contributed by atoms with E-state index >= 15 is 0 Å². The number of rotatable bonds is 6. The minimum Gasteiger partial charge on any atom is -0.291 e. The highest BCUT2D eigenvalue weighted by molar-refractivity contribution is 6.30. The van der Waals surface area contributed by atoms with Crippen LogP contribution in [0.15, 0.2) is 60.7 Å². The summed E-state index contributed by atoms with van der Waals surface area (Å²) in [7, 11) is 0. The Morgan fingerprint density at radius 2 is 1.55 bits per heavy atom. The summed E-state index contributed by atoms with van der Waals surface area (Å²) in [5.41, 5.74) is 3.74. The average Bonchev–Trinajstić information content (AvgIpc) is 2.52. The molecule has 112 valence electrons. The first kappa shape index (κ1) is 16.3. The van der Waals surface area contributed by atoms with Gasteiger partial charge < -0.3 is 0 Å². The number of halogens is 1. The molecular weight excluding hydrogens is 292 g/mol. The molecule has 0 atom stereocenters. The molecule has 0 spiro atoms. The summed E-state index contributed by atoms with van der Waals surface area (Å²) in [6.45, 7) is 4.49. The lowest BCUT2D eigenvalue weighted by Gasteiger charge is -2.21. The van der Waals surface area contributed by atoms with Gasteiger partial charge in [0.2, 0.25) is 0 Å². The van der Waals surface area contributed by atoms with Gasteiger partial charge in [-0.25, -0.2) is 0 Å². The first-order chi connectivity index (χ1) is 10.7. The standard InChI is InChI=1S/C19H19ClN2/c1-16-4-6-17(7-5-16)14-22(13-3-2-12-21)15-18-8-10-19(20)11-9-18/h2-11H,13-15H2,1H3/b3-2-. The van der Waals surface area contributed by atoms with Gasteiger partial charge in [-0.3, -0.25) is 4.90 Å². The summed E-state index contributed by atoms with van der Waals surface area (Å²) in [5.74, 6) is 0. The molecule has 0 unspecified atom stereocenters. The zero-order valence-electron chi connectivity index (χ0n) is 12.7. The largest absolute Gasteiger partial charge is 0.291 e. The molecule has 0 radical (unpaired) electrons. The Hall–Kier alpha value is -2.08. The van der Waals surface area contributed by atoms with Crippen molar-refractivity contribution in [2.75, 3.05) is 6.54 Å². The van der Waals surface area contributed by atoms with Gasteiger partial charge in [0.15, 0.2) is 0 Å². The van der Waals surface area contributed by atoms with Crippen LogP contribution in [0.5, 0.6) is 0 Å². The Balaban J connectivity index is 2.07. The molecule has 0 saturated heterocycles. The van der Waals surface area contributed by atoms with Crippen LogP contribution in [0.4, 0.5) is 0 Å². The van der Waals surface area contributed by atoms with Crippen LogP contribution in [0, 0.1) is 18.3 Å². The van der Waals surface area contributed by atoms with E-state index in [1.165, 1.54) is 22.8 Å². The molecule has 0 N–H and O–H groups in total. The van der Waals surface area contributed by atoms with Gasteiger partial charge in [-0.15, -0.1) is 0 Å². The lowest BCUT2D eigenvalue weighted by atomic mass is 10.1. The molecule has 0 aliphatic carbocycles. The van der Waals surface area contributed by atoms with Crippen LogP contribution in [0.1, 0.15) is 16.7 Å². The Labute approximate surface area is 137 Å². The quantitative estimate of drug-likeness (QED) is 0.721. The third kappa shape index (κ3) is 5.37. The molecule has 0 aliphatic rings. The minimum absolute atomic E-state index is 0.740. The number of aryl methyl sites for hydroxylation is 1. The van der Waals surface area contributed by atoms with Gasteiger partial charge in [0.25, 0.3) is 0 Å². The van der Waals surface area contributed by atoms with Gasteiger partial charge in [0.05, 0.1) is 6.07 Å². The van der Waals surface area contributed by atoms with Crippen LogP contribution >= 0.6 is 11.6 Å². The fourth-order valence-corrected chi connectivity index (χ4v) is 2.37. The lowest BCUT2D eigenvalue weighted by Crippen LogP contribution is -2.22. The highest BCUT2D eigenvalue weighted by atomic mass is 35.5. The molecule has 0 aromatic heterocycles. The van der Waals surface area contributed by atoms with Gasteiger partial charge in [-0.1, -0.05) is 59.6 Å². The molecule has 0 aliphatic heterocycles. The molecule has 0 fully saturated rings. The third-order valence-corrected chi connectivity index (χ3v) is 3.65. The van der Waals surface area contributed by atoms with E-state index < -0.39 is 0 Å². The minimum atomic E-state index is 0.740. The number of allylic oxidation sites excluding steroid dienone is 1. The van der Waals surface area contributed by atoms with Crippen molar-refractivity contribution >= 4 is 11.6 Å². The van der Waals surface area contributed by atoms with Crippen molar-refractivity contribution in [2.24, 2.45) is 0 Å². The summed E-state index contributed by atoms with van der Waals surface area (Å²) in [6, 6.07) is 18.5. The van der Waals surface area contributed by atoms with Gasteiger partial charge in [-0.05, 0) is 30.2 Å². The molecule has 0 heterocycles. The van der Waals surface area contributed by atoms with E-state index in [1.54, 1.807) is 0 Å². The highest BCUT2D eigenvalue weighted by Gasteiger charge is 2.06. The molecule has 2 aromatic rings. The maximum atomic E-state index is 8.65. The Morgan fingerprint density at radius 1 is 1.00 bits per heavy atom. The summed E-state index contributed by atoms with van der Waals surface area (Å²) in [6.07, 6.45) is 3.42. The van der Waals surface area contributed by atoms with Crippen LogP contribution in [-0.4, -0.2) is 11.4 Å². The second kappa shape index (κ2) is 8.38. The molecular formula is C19H19ClN2. The summed E-state index contributed by atoms with van der Waals surface area (Å²) < 4.78 is 0. The molecule has 2 rings (SSSR count). The fourth-order valence-electron chi connectivity index (χ4n) is 2.24. The van der Waals surface area contributed by atoms with Crippen LogP contribution in [0.25, 0.3) is 0 Å². The fraction of sp³-hybridized carbons (Fsp3) is 0.211. The number of benzene rings is 2. The maximum Gasteiger partial charge on any atom is 0.0909 e. The first-order valence-corrected chi connectivity index (χ1v) is 7.62. The molecule has 2 nitrogen and oxygen atoms in total. The number of hydrogen-bond acceptors (Lipinski definition) is 2. The third-order valence-electron chi connectivity index (χ3n) is 3.40. The summed E-state index contributed by atoms with van der Waals surface area (Å²) in [5, 5.41) is 9.40. The average molecular weight is 311 g/mol. The normalized spacial score (nSPS) is 11.0. The number of nitriles is 1. The van der Waals surface area contributed by atoms with Crippen molar-refractivity contribution in [3.63, 3.8) is 0 Å². The molecule has 2 aromatic carbocycles. The van der Waals surface area contributed by atoms with E-state index in [0.717, 1.165) is 24.7 Å². The maximum absolute atomic E-state index is 8.65. The second-order valence-electron chi connectivity index (χ2n) is 5.31. The van der Waals surface area contributed by atoms with E-state index in [1.807, 2.05) is 36.4 Å². The smallest absolute Gasteiger partial charge is 0.0909 e. The van der Waals surface area contributed by atoms with Crippen LogP contribution in [0.2, 0.25) is 5.02 Å². The molecule has 0 amide bonds. The zero-order valence-corrected chi connectivity index (χ0v) is 13.4. The molecule has 0 bridgehead atoms. The van der Waals surface area contributed by atoms with Gasteiger partial charge in [0.1, 0.15) is 0 Å². The van der Waals surface area contributed by atoms with E-state index in [9.17, 15) is 0 Å². The molecule has 0 saturated carbocycles. The van der Waals surface area contributed by atoms with Crippen molar-refractivity contribution in [3.8, 4) is 6.07 Å². The molecule has 3 heteroatoms. The van der Waals surface area contributed by atoms with Gasteiger partial charge in [0, 0.05) is 30.7 Å². The van der Waals surface area contributed by atoms with Gasteiger partial charge in [-0.2, -0.15) is 5.26 Å². The van der Waals surface area contributed by atoms with Gasteiger partial charge >= 0.3 is 0 Å². The number of nitrogens with zero attached hydrogens (tertiary/aromatic N) is 2. The summed E-state index contributed by atoms with van der Waals surface area (Å²) in [4.78, 5) is 2.29. The first-order valence-electron chi connectivity index (χ1n) is 7.24. The zero-order chi connectivity index (χ0) is 15.8. The predicted molar refractivity (Wildman–Crippen MR) is 91.5 cm³/mol. The van der Waals surface area contributed by atoms with Crippen molar-refractivity contribution in [1.29, 1.82) is 5.26 Å². The second-order valence-corrected chi connectivity index (χ2v) is 5.75. The lowest BCUT2D eigenvalue weighted by molar-refractivity contribution is 0.286.